The quantitative estimate of drug-likeness (QED) is 0.874. The Bertz CT molecular complexity index is 646. The summed E-state index contributed by atoms with van der Waals surface area (Å²) in [6.45, 7) is 5.41. The monoisotopic (exact) mass is 282 g/mol. The van der Waals surface area contributed by atoms with Gasteiger partial charge in [0.15, 0.2) is 0 Å². The molecule has 1 aromatic rings. The van der Waals surface area contributed by atoms with E-state index in [9.17, 15) is 13.2 Å². The van der Waals surface area contributed by atoms with Crippen molar-refractivity contribution in [3.63, 3.8) is 0 Å². The first kappa shape index (κ1) is 14.0. The van der Waals surface area contributed by atoms with Gasteiger partial charge in [0.2, 0.25) is 10.0 Å². The molecule has 1 amide bonds. The first-order valence-corrected chi connectivity index (χ1v) is 7.64. The van der Waals surface area contributed by atoms with E-state index in [2.05, 4.69) is 5.32 Å². The van der Waals surface area contributed by atoms with E-state index >= 15 is 0 Å². The van der Waals surface area contributed by atoms with Gasteiger partial charge in [-0.05, 0) is 56.9 Å². The molecule has 0 heterocycles. The second-order valence-electron chi connectivity index (χ2n) is 5.48. The maximum Gasteiger partial charge on any atom is 0.251 e. The van der Waals surface area contributed by atoms with Crippen molar-refractivity contribution < 1.29 is 13.2 Å². The van der Waals surface area contributed by atoms with Crippen LogP contribution in [0.5, 0.6) is 0 Å². The highest BCUT2D eigenvalue weighted by Gasteiger charge is 2.38. The van der Waals surface area contributed by atoms with Crippen molar-refractivity contribution in [2.45, 2.75) is 44.0 Å². The first-order chi connectivity index (χ1) is 8.62. The highest BCUT2D eigenvalue weighted by Crippen LogP contribution is 2.34. The third-order valence-electron chi connectivity index (χ3n) is 3.60. The smallest absolute Gasteiger partial charge is 0.251 e. The van der Waals surface area contributed by atoms with Crippen LogP contribution in [0, 0.1) is 13.8 Å². The minimum Gasteiger partial charge on any atom is -0.347 e. The van der Waals surface area contributed by atoms with Crippen LogP contribution in [0.3, 0.4) is 0 Å². The van der Waals surface area contributed by atoms with Gasteiger partial charge in [-0.2, -0.15) is 0 Å². The average Bonchev–Trinajstić information content (AvgIpc) is 2.98. The van der Waals surface area contributed by atoms with Crippen LogP contribution in [0.2, 0.25) is 0 Å². The molecule has 0 aromatic heterocycles. The first-order valence-electron chi connectivity index (χ1n) is 6.09. The van der Waals surface area contributed by atoms with E-state index < -0.39 is 10.0 Å². The molecule has 1 aliphatic carbocycles. The lowest BCUT2D eigenvalue weighted by atomic mass is 10.1. The summed E-state index contributed by atoms with van der Waals surface area (Å²) in [6.07, 6.45) is 1.90. The molecule has 0 atom stereocenters. The predicted molar refractivity (Wildman–Crippen MR) is 72.4 cm³/mol. The summed E-state index contributed by atoms with van der Waals surface area (Å²) >= 11 is 0. The lowest BCUT2D eigenvalue weighted by molar-refractivity contribution is 0.0935. The Labute approximate surface area is 113 Å². The molecule has 0 aliphatic heterocycles. The number of nitrogens with two attached hydrogens (primary N) is 1. The SMILES string of the molecule is Cc1cc(C(=O)NC2(C)CC2)cc(S(N)(=O)=O)c1C. The number of amides is 1. The van der Waals surface area contributed by atoms with Crippen LogP contribution in [0.4, 0.5) is 0 Å². The highest BCUT2D eigenvalue weighted by molar-refractivity contribution is 7.89. The molecule has 0 radical (unpaired) electrons. The number of hydrogen-bond acceptors (Lipinski definition) is 3. The van der Waals surface area contributed by atoms with Crippen LogP contribution in [0.1, 0.15) is 41.3 Å². The fourth-order valence-electron chi connectivity index (χ4n) is 1.91. The molecule has 104 valence electrons. The predicted octanol–water partition coefficient (Wildman–Crippen LogP) is 1.23. The van der Waals surface area contributed by atoms with Gasteiger partial charge in [0.25, 0.3) is 5.91 Å². The molecule has 0 saturated heterocycles. The Kier molecular flexibility index (Phi) is 3.18. The lowest BCUT2D eigenvalue weighted by Crippen LogP contribution is -2.34. The summed E-state index contributed by atoms with van der Waals surface area (Å²) in [5, 5.41) is 8.07. The summed E-state index contributed by atoms with van der Waals surface area (Å²) in [6, 6.07) is 3.03. The van der Waals surface area contributed by atoms with Crippen molar-refractivity contribution >= 4 is 15.9 Å². The molecule has 6 heteroatoms. The van der Waals surface area contributed by atoms with Gasteiger partial charge in [-0.15, -0.1) is 0 Å². The van der Waals surface area contributed by atoms with Crippen molar-refractivity contribution in [2.75, 3.05) is 0 Å². The Balaban J connectivity index is 2.42. The van der Waals surface area contributed by atoms with Crippen molar-refractivity contribution in [3.05, 3.63) is 28.8 Å². The number of primary sulfonamides is 1. The number of carbonyl (C=O) groups is 1. The van der Waals surface area contributed by atoms with Gasteiger partial charge in [0, 0.05) is 11.1 Å². The Morgan fingerprint density at radius 1 is 1.32 bits per heavy atom. The molecular formula is C13H18N2O3S. The van der Waals surface area contributed by atoms with E-state index in [1.165, 1.54) is 6.07 Å². The molecule has 5 nitrogen and oxygen atoms in total. The molecule has 0 bridgehead atoms. The second kappa shape index (κ2) is 4.31. The summed E-state index contributed by atoms with van der Waals surface area (Å²) in [5.74, 6) is -0.256. The zero-order chi connectivity index (χ0) is 14.4. The average molecular weight is 282 g/mol. The molecule has 1 fully saturated rings. The standard InChI is InChI=1S/C13H18N2O3S/c1-8-6-10(12(16)15-13(3)4-5-13)7-11(9(8)2)19(14,17)18/h6-7H,4-5H2,1-3H3,(H,15,16)(H2,14,17,18). The number of sulfonamides is 1. The molecule has 2 rings (SSSR count). The van der Waals surface area contributed by atoms with Crippen molar-refractivity contribution in [3.8, 4) is 0 Å². The van der Waals surface area contributed by atoms with Crippen LogP contribution in [-0.2, 0) is 10.0 Å². The molecular weight excluding hydrogens is 264 g/mol. The van der Waals surface area contributed by atoms with Crippen LogP contribution in [0.25, 0.3) is 0 Å². The topological polar surface area (TPSA) is 89.3 Å². The highest BCUT2D eigenvalue weighted by atomic mass is 32.2. The number of hydrogen-bond donors (Lipinski definition) is 2. The number of nitrogens with one attached hydrogen (secondary N) is 1. The van der Waals surface area contributed by atoms with E-state index in [0.717, 1.165) is 18.4 Å². The van der Waals surface area contributed by atoms with Crippen molar-refractivity contribution in [1.29, 1.82) is 0 Å². The number of benzene rings is 1. The summed E-state index contributed by atoms with van der Waals surface area (Å²) < 4.78 is 23.0. The zero-order valence-electron chi connectivity index (χ0n) is 11.3. The molecule has 0 spiro atoms. The zero-order valence-corrected chi connectivity index (χ0v) is 12.1. The van der Waals surface area contributed by atoms with Crippen LogP contribution in [-0.4, -0.2) is 19.9 Å². The molecule has 3 N–H and O–H groups in total. The molecule has 19 heavy (non-hydrogen) atoms. The van der Waals surface area contributed by atoms with Crippen LogP contribution >= 0.6 is 0 Å². The van der Waals surface area contributed by atoms with Crippen LogP contribution < -0.4 is 10.5 Å². The van der Waals surface area contributed by atoms with Crippen molar-refractivity contribution in [1.82, 2.24) is 5.32 Å². The van der Waals surface area contributed by atoms with Gasteiger partial charge in [-0.25, -0.2) is 13.6 Å². The molecule has 1 aromatic carbocycles. The van der Waals surface area contributed by atoms with Gasteiger partial charge in [-0.3, -0.25) is 4.79 Å². The molecule has 1 saturated carbocycles. The van der Waals surface area contributed by atoms with Crippen molar-refractivity contribution in [2.24, 2.45) is 5.14 Å². The van der Waals surface area contributed by atoms with E-state index in [4.69, 9.17) is 5.14 Å². The maximum absolute atomic E-state index is 12.1. The number of carbonyl (C=O) groups excluding carboxylic acids is 1. The van der Waals surface area contributed by atoms with E-state index in [1.54, 1.807) is 19.9 Å². The van der Waals surface area contributed by atoms with Gasteiger partial charge in [0.05, 0.1) is 4.90 Å². The normalized spacial score (nSPS) is 17.1. The molecule has 0 unspecified atom stereocenters. The van der Waals surface area contributed by atoms with E-state index in [0.29, 0.717) is 11.1 Å². The summed E-state index contributed by atoms with van der Waals surface area (Å²) in [7, 11) is -3.82. The fraction of sp³-hybridized carbons (Fsp3) is 0.462. The van der Waals surface area contributed by atoms with Gasteiger partial charge in [0.1, 0.15) is 0 Å². The largest absolute Gasteiger partial charge is 0.347 e. The maximum atomic E-state index is 12.1. The summed E-state index contributed by atoms with van der Waals surface area (Å²) in [5.41, 5.74) is 1.51. The Morgan fingerprint density at radius 3 is 2.37 bits per heavy atom. The third kappa shape index (κ3) is 2.96. The minimum atomic E-state index is -3.82. The van der Waals surface area contributed by atoms with E-state index in [-0.39, 0.29) is 16.3 Å². The molecule has 1 aliphatic rings. The number of aryl methyl sites for hydroxylation is 1. The van der Waals surface area contributed by atoms with Crippen LogP contribution in [0.15, 0.2) is 17.0 Å². The fourth-order valence-corrected chi connectivity index (χ4v) is 2.79. The number of rotatable bonds is 3. The summed E-state index contributed by atoms with van der Waals surface area (Å²) in [4.78, 5) is 12.1. The Hall–Kier alpha value is -1.40. The van der Waals surface area contributed by atoms with E-state index in [1.807, 2.05) is 6.92 Å². The third-order valence-corrected chi connectivity index (χ3v) is 4.64. The lowest BCUT2D eigenvalue weighted by Gasteiger charge is -2.14. The second-order valence-corrected chi connectivity index (χ2v) is 7.01. The van der Waals surface area contributed by atoms with Gasteiger partial charge >= 0.3 is 0 Å². The Morgan fingerprint density at radius 2 is 1.89 bits per heavy atom. The minimum absolute atomic E-state index is 0.0126. The van der Waals surface area contributed by atoms with Gasteiger partial charge < -0.3 is 5.32 Å². The van der Waals surface area contributed by atoms with Gasteiger partial charge in [-0.1, -0.05) is 0 Å².